The second kappa shape index (κ2) is 7.04. The molecule has 106 valence electrons. The smallest absolute Gasteiger partial charge is 0.0827 e. The van der Waals surface area contributed by atoms with Gasteiger partial charge in [-0.15, -0.1) is 0 Å². The van der Waals surface area contributed by atoms with E-state index in [1.54, 1.807) is 0 Å². The van der Waals surface area contributed by atoms with Gasteiger partial charge in [0.15, 0.2) is 0 Å². The average Bonchev–Trinajstić information content (AvgIpc) is 2.47. The van der Waals surface area contributed by atoms with E-state index in [1.165, 1.54) is 5.56 Å². The molecule has 2 atom stereocenters. The van der Waals surface area contributed by atoms with E-state index in [-0.39, 0.29) is 12.0 Å². The standard InChI is InChI=1S/C16H26N2O/c1-3-14-4-6-15(7-5-14)16(19)13(2)12-18-10-8-17-9-11-18/h4-7,13,16-17,19H,3,8-12H2,1-2H3. The molecule has 1 aliphatic rings. The van der Waals surface area contributed by atoms with E-state index in [9.17, 15) is 5.11 Å². The van der Waals surface area contributed by atoms with Crippen LogP contribution < -0.4 is 5.32 Å². The summed E-state index contributed by atoms with van der Waals surface area (Å²) < 4.78 is 0. The van der Waals surface area contributed by atoms with E-state index in [1.807, 2.05) is 0 Å². The Labute approximate surface area is 116 Å². The van der Waals surface area contributed by atoms with Gasteiger partial charge in [0.25, 0.3) is 0 Å². The highest BCUT2D eigenvalue weighted by Gasteiger charge is 2.20. The number of aliphatic hydroxyl groups excluding tert-OH is 1. The second-order valence-electron chi connectivity index (χ2n) is 5.57. The van der Waals surface area contributed by atoms with Crippen LogP contribution in [0.5, 0.6) is 0 Å². The Morgan fingerprint density at radius 1 is 1.21 bits per heavy atom. The van der Waals surface area contributed by atoms with E-state index >= 15 is 0 Å². The fourth-order valence-corrected chi connectivity index (χ4v) is 2.68. The monoisotopic (exact) mass is 262 g/mol. The Morgan fingerprint density at radius 2 is 1.84 bits per heavy atom. The molecule has 0 aromatic heterocycles. The number of benzene rings is 1. The zero-order chi connectivity index (χ0) is 13.7. The third-order valence-electron chi connectivity index (χ3n) is 4.02. The molecule has 1 aromatic rings. The van der Waals surface area contributed by atoms with Gasteiger partial charge >= 0.3 is 0 Å². The predicted molar refractivity (Wildman–Crippen MR) is 79.3 cm³/mol. The lowest BCUT2D eigenvalue weighted by molar-refractivity contribution is 0.0842. The summed E-state index contributed by atoms with van der Waals surface area (Å²) >= 11 is 0. The fourth-order valence-electron chi connectivity index (χ4n) is 2.68. The number of nitrogens with zero attached hydrogens (tertiary/aromatic N) is 1. The van der Waals surface area contributed by atoms with E-state index in [2.05, 4.69) is 48.3 Å². The Balaban J connectivity index is 1.91. The maximum atomic E-state index is 10.4. The molecule has 0 spiro atoms. The van der Waals surface area contributed by atoms with Crippen LogP contribution in [0.1, 0.15) is 31.1 Å². The predicted octanol–water partition coefficient (Wildman–Crippen LogP) is 1.82. The molecule has 0 aliphatic carbocycles. The molecule has 19 heavy (non-hydrogen) atoms. The van der Waals surface area contributed by atoms with Gasteiger partial charge in [0.05, 0.1) is 6.10 Å². The molecule has 0 radical (unpaired) electrons. The zero-order valence-electron chi connectivity index (χ0n) is 12.1. The van der Waals surface area contributed by atoms with Crippen molar-refractivity contribution in [3.05, 3.63) is 35.4 Å². The van der Waals surface area contributed by atoms with Gasteiger partial charge in [-0.25, -0.2) is 0 Å². The van der Waals surface area contributed by atoms with E-state index in [0.29, 0.717) is 0 Å². The molecule has 1 fully saturated rings. The second-order valence-corrected chi connectivity index (χ2v) is 5.57. The van der Waals surface area contributed by atoms with Gasteiger partial charge in [-0.3, -0.25) is 0 Å². The van der Waals surface area contributed by atoms with Crippen LogP contribution >= 0.6 is 0 Å². The summed E-state index contributed by atoms with van der Waals surface area (Å²) in [6.45, 7) is 9.57. The topological polar surface area (TPSA) is 35.5 Å². The number of aliphatic hydroxyl groups is 1. The molecule has 1 saturated heterocycles. The highest BCUT2D eigenvalue weighted by molar-refractivity contribution is 5.24. The van der Waals surface area contributed by atoms with E-state index in [4.69, 9.17) is 0 Å². The molecule has 1 aromatic carbocycles. The lowest BCUT2D eigenvalue weighted by Gasteiger charge is -2.31. The van der Waals surface area contributed by atoms with Gasteiger partial charge in [0.1, 0.15) is 0 Å². The van der Waals surface area contributed by atoms with Crippen LogP contribution in [0.25, 0.3) is 0 Å². The quantitative estimate of drug-likeness (QED) is 0.850. The highest BCUT2D eigenvalue weighted by atomic mass is 16.3. The van der Waals surface area contributed by atoms with Crippen molar-refractivity contribution in [2.45, 2.75) is 26.4 Å². The third-order valence-corrected chi connectivity index (χ3v) is 4.02. The molecular formula is C16H26N2O. The van der Waals surface area contributed by atoms with Crippen molar-refractivity contribution in [3.8, 4) is 0 Å². The molecular weight excluding hydrogens is 236 g/mol. The van der Waals surface area contributed by atoms with Gasteiger partial charge in [0.2, 0.25) is 0 Å². The first kappa shape index (κ1) is 14.5. The van der Waals surface area contributed by atoms with Crippen molar-refractivity contribution < 1.29 is 5.11 Å². The van der Waals surface area contributed by atoms with Crippen LogP contribution in [0.3, 0.4) is 0 Å². The Morgan fingerprint density at radius 3 is 2.42 bits per heavy atom. The maximum Gasteiger partial charge on any atom is 0.0827 e. The lowest BCUT2D eigenvalue weighted by Crippen LogP contribution is -2.45. The van der Waals surface area contributed by atoms with Gasteiger partial charge in [-0.1, -0.05) is 38.1 Å². The number of aryl methyl sites for hydroxylation is 1. The minimum Gasteiger partial charge on any atom is -0.388 e. The number of hydrogen-bond acceptors (Lipinski definition) is 3. The minimum atomic E-state index is -0.360. The van der Waals surface area contributed by atoms with Crippen molar-refractivity contribution >= 4 is 0 Å². The van der Waals surface area contributed by atoms with Gasteiger partial charge in [-0.05, 0) is 23.5 Å². The molecule has 2 rings (SSSR count). The van der Waals surface area contributed by atoms with Crippen molar-refractivity contribution in [1.82, 2.24) is 10.2 Å². The minimum absolute atomic E-state index is 0.269. The van der Waals surface area contributed by atoms with Gasteiger partial charge in [-0.2, -0.15) is 0 Å². The Bertz CT molecular complexity index is 371. The van der Waals surface area contributed by atoms with Crippen LogP contribution in [0.4, 0.5) is 0 Å². The van der Waals surface area contributed by atoms with Gasteiger partial charge < -0.3 is 15.3 Å². The molecule has 1 heterocycles. The highest BCUT2D eigenvalue weighted by Crippen LogP contribution is 2.23. The molecule has 0 amide bonds. The Kier molecular flexibility index (Phi) is 5.37. The first-order chi connectivity index (χ1) is 9.20. The summed E-state index contributed by atoms with van der Waals surface area (Å²) in [5.74, 6) is 0.269. The summed E-state index contributed by atoms with van der Waals surface area (Å²) in [5, 5.41) is 13.8. The summed E-state index contributed by atoms with van der Waals surface area (Å²) in [4.78, 5) is 2.44. The maximum absolute atomic E-state index is 10.4. The summed E-state index contributed by atoms with van der Waals surface area (Å²) in [6.07, 6.45) is 0.688. The molecule has 0 bridgehead atoms. The number of nitrogens with one attached hydrogen (secondary N) is 1. The lowest BCUT2D eigenvalue weighted by atomic mass is 9.95. The SMILES string of the molecule is CCc1ccc(C(O)C(C)CN2CCNCC2)cc1. The molecule has 1 aliphatic heterocycles. The van der Waals surface area contributed by atoms with Crippen molar-refractivity contribution in [1.29, 1.82) is 0 Å². The Hall–Kier alpha value is -0.900. The van der Waals surface area contributed by atoms with Crippen LogP contribution in [0.2, 0.25) is 0 Å². The largest absolute Gasteiger partial charge is 0.388 e. The van der Waals surface area contributed by atoms with Crippen molar-refractivity contribution in [3.63, 3.8) is 0 Å². The van der Waals surface area contributed by atoms with E-state index in [0.717, 1.165) is 44.7 Å². The third kappa shape index (κ3) is 4.03. The molecule has 3 heteroatoms. The normalized spacial score (nSPS) is 20.2. The fraction of sp³-hybridized carbons (Fsp3) is 0.625. The number of hydrogen-bond donors (Lipinski definition) is 2. The van der Waals surface area contributed by atoms with Crippen LogP contribution in [-0.4, -0.2) is 42.7 Å². The molecule has 3 nitrogen and oxygen atoms in total. The molecule has 2 unspecified atom stereocenters. The molecule has 2 N–H and O–H groups in total. The molecule has 0 saturated carbocycles. The van der Waals surface area contributed by atoms with Crippen molar-refractivity contribution in [2.24, 2.45) is 5.92 Å². The first-order valence-electron chi connectivity index (χ1n) is 7.40. The summed E-state index contributed by atoms with van der Waals surface area (Å²) in [6, 6.07) is 8.38. The van der Waals surface area contributed by atoms with Crippen LogP contribution in [0.15, 0.2) is 24.3 Å². The summed E-state index contributed by atoms with van der Waals surface area (Å²) in [7, 11) is 0. The summed E-state index contributed by atoms with van der Waals surface area (Å²) in [5.41, 5.74) is 2.37. The van der Waals surface area contributed by atoms with Gasteiger partial charge in [0, 0.05) is 32.7 Å². The van der Waals surface area contributed by atoms with Crippen LogP contribution in [-0.2, 0) is 6.42 Å². The number of rotatable bonds is 5. The van der Waals surface area contributed by atoms with Crippen molar-refractivity contribution in [2.75, 3.05) is 32.7 Å². The average molecular weight is 262 g/mol. The zero-order valence-corrected chi connectivity index (χ0v) is 12.1. The first-order valence-corrected chi connectivity index (χ1v) is 7.40. The van der Waals surface area contributed by atoms with Crippen LogP contribution in [0, 0.1) is 5.92 Å². The number of piperazine rings is 1. The van der Waals surface area contributed by atoms with E-state index < -0.39 is 0 Å².